The number of carboxylic acid groups (broad SMARTS) is 1. The molecule has 0 heterocycles. The SMILES string of the molecule is CC(C)N(C)CCNC(=O)Nc1ccc(O)c(C(=O)O)c1. The number of hydrogen-bond acceptors (Lipinski definition) is 4. The summed E-state index contributed by atoms with van der Waals surface area (Å²) in [5.41, 5.74) is 0.0484. The van der Waals surface area contributed by atoms with Gasteiger partial charge in [0.1, 0.15) is 11.3 Å². The van der Waals surface area contributed by atoms with Gasteiger partial charge in [-0.05, 0) is 39.1 Å². The Labute approximate surface area is 123 Å². The molecule has 0 aliphatic carbocycles. The molecule has 1 rings (SSSR count). The Morgan fingerprint density at radius 1 is 1.33 bits per heavy atom. The summed E-state index contributed by atoms with van der Waals surface area (Å²) < 4.78 is 0. The maximum absolute atomic E-state index is 11.7. The van der Waals surface area contributed by atoms with E-state index in [-0.39, 0.29) is 11.3 Å². The van der Waals surface area contributed by atoms with E-state index in [9.17, 15) is 14.7 Å². The summed E-state index contributed by atoms with van der Waals surface area (Å²) in [6.45, 7) is 5.30. The molecule has 0 aromatic heterocycles. The van der Waals surface area contributed by atoms with Crippen molar-refractivity contribution in [1.29, 1.82) is 0 Å². The molecule has 21 heavy (non-hydrogen) atoms. The van der Waals surface area contributed by atoms with Crippen LogP contribution in [0.15, 0.2) is 18.2 Å². The van der Waals surface area contributed by atoms with Gasteiger partial charge >= 0.3 is 12.0 Å². The minimum absolute atomic E-state index is 0.257. The Hall–Kier alpha value is -2.28. The Morgan fingerprint density at radius 2 is 2.00 bits per heavy atom. The number of urea groups is 1. The van der Waals surface area contributed by atoms with Crippen LogP contribution in [0.2, 0.25) is 0 Å². The molecule has 0 saturated carbocycles. The molecule has 0 saturated heterocycles. The number of nitrogens with one attached hydrogen (secondary N) is 2. The van der Waals surface area contributed by atoms with Gasteiger partial charge in [-0.3, -0.25) is 0 Å². The summed E-state index contributed by atoms with van der Waals surface area (Å²) >= 11 is 0. The minimum Gasteiger partial charge on any atom is -0.507 e. The van der Waals surface area contributed by atoms with Gasteiger partial charge in [0, 0.05) is 24.8 Å². The zero-order valence-corrected chi connectivity index (χ0v) is 12.4. The second-order valence-corrected chi connectivity index (χ2v) is 4.99. The number of carbonyl (C=O) groups excluding carboxylic acids is 1. The van der Waals surface area contributed by atoms with Crippen LogP contribution < -0.4 is 10.6 Å². The van der Waals surface area contributed by atoms with Crippen LogP contribution in [-0.2, 0) is 0 Å². The van der Waals surface area contributed by atoms with Crippen molar-refractivity contribution in [2.45, 2.75) is 19.9 Å². The number of benzene rings is 1. The summed E-state index contributed by atoms with van der Waals surface area (Å²) in [5.74, 6) is -1.60. The molecule has 0 fully saturated rings. The molecular weight excluding hydrogens is 274 g/mol. The topological polar surface area (TPSA) is 102 Å². The van der Waals surface area contributed by atoms with Crippen molar-refractivity contribution in [2.24, 2.45) is 0 Å². The van der Waals surface area contributed by atoms with Gasteiger partial charge in [0.2, 0.25) is 0 Å². The lowest BCUT2D eigenvalue weighted by atomic mass is 10.2. The molecule has 0 unspecified atom stereocenters. The van der Waals surface area contributed by atoms with Crippen LogP contribution >= 0.6 is 0 Å². The Bertz CT molecular complexity index is 517. The lowest BCUT2D eigenvalue weighted by Crippen LogP contribution is -2.37. The van der Waals surface area contributed by atoms with Crippen molar-refractivity contribution in [2.75, 3.05) is 25.5 Å². The van der Waals surface area contributed by atoms with Gasteiger partial charge in [0.25, 0.3) is 0 Å². The molecule has 4 N–H and O–H groups in total. The third kappa shape index (κ3) is 5.31. The average molecular weight is 295 g/mol. The molecule has 1 aromatic carbocycles. The van der Waals surface area contributed by atoms with Crippen LogP contribution in [-0.4, -0.2) is 53.3 Å². The number of likely N-dealkylation sites (N-methyl/N-ethyl adjacent to an activating group) is 1. The maximum Gasteiger partial charge on any atom is 0.339 e. The lowest BCUT2D eigenvalue weighted by molar-refractivity contribution is 0.0693. The number of aromatic carboxylic acids is 1. The van der Waals surface area contributed by atoms with Gasteiger partial charge in [0.05, 0.1) is 0 Å². The van der Waals surface area contributed by atoms with Crippen LogP contribution in [0, 0.1) is 0 Å². The zero-order chi connectivity index (χ0) is 16.0. The fourth-order valence-electron chi connectivity index (χ4n) is 1.56. The number of carbonyl (C=O) groups is 2. The van der Waals surface area contributed by atoms with Crippen molar-refractivity contribution >= 4 is 17.7 Å². The molecule has 0 aliphatic rings. The molecule has 2 amide bonds. The highest BCUT2D eigenvalue weighted by atomic mass is 16.4. The zero-order valence-electron chi connectivity index (χ0n) is 12.4. The highest BCUT2D eigenvalue weighted by molar-refractivity contribution is 5.95. The van der Waals surface area contributed by atoms with Crippen LogP contribution in [0.25, 0.3) is 0 Å². The second-order valence-electron chi connectivity index (χ2n) is 4.99. The Morgan fingerprint density at radius 3 is 2.57 bits per heavy atom. The van der Waals surface area contributed by atoms with E-state index >= 15 is 0 Å². The molecule has 0 radical (unpaired) electrons. The van der Waals surface area contributed by atoms with E-state index in [4.69, 9.17) is 5.11 Å². The molecule has 7 heteroatoms. The molecule has 0 aliphatic heterocycles. The smallest absolute Gasteiger partial charge is 0.339 e. The van der Waals surface area contributed by atoms with Crippen molar-refractivity contribution in [3.63, 3.8) is 0 Å². The summed E-state index contributed by atoms with van der Waals surface area (Å²) in [6.07, 6.45) is 0. The first-order valence-electron chi connectivity index (χ1n) is 6.62. The third-order valence-electron chi connectivity index (χ3n) is 3.12. The summed E-state index contributed by atoms with van der Waals surface area (Å²) in [6, 6.07) is 3.84. The van der Waals surface area contributed by atoms with Crippen LogP contribution in [0.3, 0.4) is 0 Å². The van der Waals surface area contributed by atoms with Crippen LogP contribution in [0.5, 0.6) is 5.75 Å². The number of aromatic hydroxyl groups is 1. The molecule has 7 nitrogen and oxygen atoms in total. The first kappa shape index (κ1) is 16.8. The van der Waals surface area contributed by atoms with E-state index in [1.807, 2.05) is 7.05 Å². The van der Waals surface area contributed by atoms with Gasteiger partial charge < -0.3 is 25.7 Å². The monoisotopic (exact) mass is 295 g/mol. The van der Waals surface area contributed by atoms with Crippen LogP contribution in [0.4, 0.5) is 10.5 Å². The summed E-state index contributed by atoms with van der Waals surface area (Å²) in [5, 5.41) is 23.5. The van der Waals surface area contributed by atoms with Crippen molar-refractivity contribution in [3.8, 4) is 5.75 Å². The van der Waals surface area contributed by atoms with E-state index in [1.165, 1.54) is 18.2 Å². The molecule has 1 aromatic rings. The molecule has 0 spiro atoms. The largest absolute Gasteiger partial charge is 0.507 e. The quantitative estimate of drug-likeness (QED) is 0.596. The van der Waals surface area contributed by atoms with E-state index in [0.717, 1.165) is 0 Å². The number of carboxylic acids is 1. The number of nitrogens with zero attached hydrogens (tertiary/aromatic N) is 1. The highest BCUT2D eigenvalue weighted by Gasteiger charge is 2.11. The van der Waals surface area contributed by atoms with Crippen LogP contribution in [0.1, 0.15) is 24.2 Å². The lowest BCUT2D eigenvalue weighted by Gasteiger charge is -2.20. The maximum atomic E-state index is 11.7. The van der Waals surface area contributed by atoms with E-state index in [2.05, 4.69) is 29.4 Å². The molecular formula is C14H21N3O4. The number of anilines is 1. The van der Waals surface area contributed by atoms with Crippen molar-refractivity contribution < 1.29 is 19.8 Å². The van der Waals surface area contributed by atoms with Gasteiger partial charge in [-0.25, -0.2) is 9.59 Å². The Kier molecular flexibility index (Phi) is 5.98. The van der Waals surface area contributed by atoms with Crippen molar-refractivity contribution in [1.82, 2.24) is 10.2 Å². The Balaban J connectivity index is 2.52. The minimum atomic E-state index is -1.25. The number of amides is 2. The fraction of sp³-hybridized carbons (Fsp3) is 0.429. The van der Waals surface area contributed by atoms with E-state index < -0.39 is 12.0 Å². The average Bonchev–Trinajstić information content (AvgIpc) is 2.40. The standard InChI is InChI=1S/C14H21N3O4/c1-9(2)17(3)7-6-15-14(21)16-10-4-5-12(18)11(8-10)13(19)20/h4-5,8-9,18H,6-7H2,1-3H3,(H,19,20)(H2,15,16,21). The summed E-state index contributed by atoms with van der Waals surface area (Å²) in [4.78, 5) is 24.6. The van der Waals surface area contributed by atoms with Crippen molar-refractivity contribution in [3.05, 3.63) is 23.8 Å². The highest BCUT2D eigenvalue weighted by Crippen LogP contribution is 2.21. The molecule has 0 atom stereocenters. The summed E-state index contributed by atoms with van der Waals surface area (Å²) in [7, 11) is 1.96. The normalized spacial score (nSPS) is 10.7. The van der Waals surface area contributed by atoms with Gasteiger partial charge in [-0.2, -0.15) is 0 Å². The third-order valence-corrected chi connectivity index (χ3v) is 3.12. The second kappa shape index (κ2) is 7.49. The number of rotatable bonds is 6. The van der Waals surface area contributed by atoms with E-state index in [0.29, 0.717) is 24.8 Å². The number of hydrogen-bond donors (Lipinski definition) is 4. The molecule has 116 valence electrons. The predicted octanol–water partition coefficient (Wildman–Crippen LogP) is 1.55. The predicted molar refractivity (Wildman–Crippen MR) is 79.9 cm³/mol. The fourth-order valence-corrected chi connectivity index (χ4v) is 1.56. The van der Waals surface area contributed by atoms with E-state index in [1.54, 1.807) is 0 Å². The molecule has 0 bridgehead atoms. The van der Waals surface area contributed by atoms with Gasteiger partial charge in [0.15, 0.2) is 0 Å². The first-order valence-corrected chi connectivity index (χ1v) is 6.62. The first-order chi connectivity index (χ1) is 9.81. The number of phenols is 1. The van der Waals surface area contributed by atoms with Gasteiger partial charge in [-0.15, -0.1) is 0 Å². The van der Waals surface area contributed by atoms with Gasteiger partial charge in [-0.1, -0.05) is 0 Å².